The maximum atomic E-state index is 12.3. The summed E-state index contributed by atoms with van der Waals surface area (Å²) >= 11 is 1.49. The van der Waals surface area contributed by atoms with Gasteiger partial charge in [0.25, 0.3) is 5.91 Å². The lowest BCUT2D eigenvalue weighted by molar-refractivity contribution is 0.0780. The van der Waals surface area contributed by atoms with Crippen LogP contribution in [0.5, 0.6) is 0 Å². The van der Waals surface area contributed by atoms with E-state index < -0.39 is 0 Å². The zero-order valence-electron chi connectivity index (χ0n) is 12.9. The van der Waals surface area contributed by atoms with Gasteiger partial charge in [0, 0.05) is 25.4 Å². The fraction of sp³-hybridized carbons (Fsp3) is 0.375. The zero-order chi connectivity index (χ0) is 15.2. The number of aromatic nitrogens is 1. The van der Waals surface area contributed by atoms with Gasteiger partial charge >= 0.3 is 0 Å². The van der Waals surface area contributed by atoms with Crippen LogP contribution in [0.1, 0.15) is 33.5 Å². The Morgan fingerprint density at radius 1 is 1.27 bits per heavy atom. The summed E-state index contributed by atoms with van der Waals surface area (Å²) in [5.41, 5.74) is 8.44. The van der Waals surface area contributed by atoms with E-state index in [4.69, 9.17) is 5.73 Å². The molecular formula is C16H22ClN3OS. The first-order valence-corrected chi connectivity index (χ1v) is 7.99. The summed E-state index contributed by atoms with van der Waals surface area (Å²) in [4.78, 5) is 18.4. The summed E-state index contributed by atoms with van der Waals surface area (Å²) in [6, 6.07) is 8.36. The van der Waals surface area contributed by atoms with Crippen molar-refractivity contribution in [2.75, 3.05) is 13.6 Å². The second-order valence-electron chi connectivity index (χ2n) is 5.00. The molecule has 0 unspecified atom stereocenters. The van der Waals surface area contributed by atoms with Crippen molar-refractivity contribution in [2.45, 2.75) is 26.3 Å². The van der Waals surface area contributed by atoms with E-state index in [0.717, 1.165) is 23.4 Å². The van der Waals surface area contributed by atoms with Gasteiger partial charge in [-0.1, -0.05) is 31.2 Å². The van der Waals surface area contributed by atoms with Gasteiger partial charge in [0.05, 0.1) is 5.01 Å². The van der Waals surface area contributed by atoms with Crippen molar-refractivity contribution in [1.29, 1.82) is 0 Å². The Morgan fingerprint density at radius 2 is 1.91 bits per heavy atom. The SMILES string of the molecule is CCc1ccc(CN(C)C(=O)c2csc(CCN)n2)cc1.Cl. The van der Waals surface area contributed by atoms with Crippen molar-refractivity contribution in [3.8, 4) is 0 Å². The molecule has 0 atom stereocenters. The topological polar surface area (TPSA) is 59.2 Å². The number of hydrogen-bond acceptors (Lipinski definition) is 4. The minimum absolute atomic E-state index is 0. The highest BCUT2D eigenvalue weighted by Crippen LogP contribution is 2.14. The highest BCUT2D eigenvalue weighted by Gasteiger charge is 2.15. The molecule has 0 radical (unpaired) electrons. The van der Waals surface area contributed by atoms with Crippen LogP contribution < -0.4 is 5.73 Å². The third kappa shape index (κ3) is 4.80. The third-order valence-electron chi connectivity index (χ3n) is 3.33. The van der Waals surface area contributed by atoms with Crippen LogP contribution >= 0.6 is 23.7 Å². The van der Waals surface area contributed by atoms with Crippen LogP contribution in [-0.4, -0.2) is 29.4 Å². The monoisotopic (exact) mass is 339 g/mol. The molecule has 120 valence electrons. The Hall–Kier alpha value is -1.43. The largest absolute Gasteiger partial charge is 0.336 e. The van der Waals surface area contributed by atoms with E-state index in [-0.39, 0.29) is 18.3 Å². The Bertz CT molecular complexity index is 598. The lowest BCUT2D eigenvalue weighted by atomic mass is 10.1. The van der Waals surface area contributed by atoms with Crippen LogP contribution in [0.2, 0.25) is 0 Å². The molecular weight excluding hydrogens is 318 g/mol. The van der Waals surface area contributed by atoms with E-state index >= 15 is 0 Å². The van der Waals surface area contributed by atoms with Crippen LogP contribution in [0.4, 0.5) is 0 Å². The number of nitrogens with two attached hydrogens (primary N) is 1. The molecule has 0 saturated carbocycles. The molecule has 0 spiro atoms. The number of benzene rings is 1. The van der Waals surface area contributed by atoms with Gasteiger partial charge in [-0.05, 0) is 24.1 Å². The first-order valence-electron chi connectivity index (χ1n) is 7.11. The minimum Gasteiger partial charge on any atom is -0.336 e. The second-order valence-corrected chi connectivity index (χ2v) is 5.94. The van der Waals surface area contributed by atoms with E-state index in [1.54, 1.807) is 11.9 Å². The summed E-state index contributed by atoms with van der Waals surface area (Å²) in [7, 11) is 1.80. The first kappa shape index (κ1) is 18.6. The maximum Gasteiger partial charge on any atom is 0.273 e. The molecule has 2 aromatic rings. The summed E-state index contributed by atoms with van der Waals surface area (Å²) in [5.74, 6) is -0.0471. The van der Waals surface area contributed by atoms with E-state index in [9.17, 15) is 4.79 Å². The summed E-state index contributed by atoms with van der Waals surface area (Å²) in [6.45, 7) is 3.28. The van der Waals surface area contributed by atoms with Gasteiger partial charge in [-0.3, -0.25) is 4.79 Å². The Balaban J connectivity index is 0.00000242. The molecule has 1 aromatic heterocycles. The Kier molecular flexibility index (Phi) is 7.51. The van der Waals surface area contributed by atoms with Crippen molar-refractivity contribution in [3.05, 3.63) is 51.5 Å². The standard InChI is InChI=1S/C16H21N3OS.ClH/c1-3-12-4-6-13(7-5-12)10-19(2)16(20)14-11-21-15(18-14)8-9-17;/h4-7,11H,3,8-10,17H2,1-2H3;1H. The summed E-state index contributed by atoms with van der Waals surface area (Å²) < 4.78 is 0. The average Bonchev–Trinajstić information content (AvgIpc) is 2.96. The van der Waals surface area contributed by atoms with E-state index in [2.05, 4.69) is 36.2 Å². The van der Waals surface area contributed by atoms with Crippen molar-refractivity contribution < 1.29 is 4.79 Å². The fourth-order valence-corrected chi connectivity index (χ4v) is 2.86. The number of amides is 1. The lowest BCUT2D eigenvalue weighted by Crippen LogP contribution is -2.26. The van der Waals surface area contributed by atoms with Crippen molar-refractivity contribution in [1.82, 2.24) is 9.88 Å². The number of nitrogens with zero attached hydrogens (tertiary/aromatic N) is 2. The van der Waals surface area contributed by atoms with Gasteiger partial charge in [0.1, 0.15) is 5.69 Å². The summed E-state index contributed by atoms with van der Waals surface area (Å²) in [6.07, 6.45) is 1.75. The molecule has 0 aliphatic heterocycles. The van der Waals surface area contributed by atoms with Crippen molar-refractivity contribution in [2.24, 2.45) is 5.73 Å². The number of aryl methyl sites for hydroxylation is 1. The quantitative estimate of drug-likeness (QED) is 0.880. The molecule has 0 bridgehead atoms. The fourth-order valence-electron chi connectivity index (χ4n) is 2.07. The van der Waals surface area contributed by atoms with Crippen LogP contribution in [0, 0.1) is 0 Å². The molecule has 0 fully saturated rings. The molecule has 6 heteroatoms. The lowest BCUT2D eigenvalue weighted by Gasteiger charge is -2.16. The predicted molar refractivity (Wildman–Crippen MR) is 93.7 cm³/mol. The Morgan fingerprint density at radius 3 is 2.50 bits per heavy atom. The number of rotatable bonds is 6. The van der Waals surface area contributed by atoms with Crippen LogP contribution in [0.3, 0.4) is 0 Å². The average molecular weight is 340 g/mol. The molecule has 0 aliphatic carbocycles. The van der Waals surface area contributed by atoms with E-state index in [1.807, 2.05) is 5.38 Å². The Labute approximate surface area is 141 Å². The van der Waals surface area contributed by atoms with Crippen molar-refractivity contribution >= 4 is 29.7 Å². The van der Waals surface area contributed by atoms with Gasteiger partial charge in [-0.2, -0.15) is 0 Å². The molecule has 0 saturated heterocycles. The molecule has 0 aliphatic rings. The van der Waals surface area contributed by atoms with Gasteiger partial charge in [-0.25, -0.2) is 4.98 Å². The number of carbonyl (C=O) groups is 1. The highest BCUT2D eigenvalue weighted by atomic mass is 35.5. The smallest absolute Gasteiger partial charge is 0.273 e. The van der Waals surface area contributed by atoms with Crippen LogP contribution in [0.15, 0.2) is 29.6 Å². The predicted octanol–water partition coefficient (Wildman–Crippen LogP) is 2.90. The molecule has 2 rings (SSSR count). The van der Waals surface area contributed by atoms with Gasteiger partial charge < -0.3 is 10.6 Å². The van der Waals surface area contributed by atoms with E-state index in [0.29, 0.717) is 18.8 Å². The molecule has 4 nitrogen and oxygen atoms in total. The number of thiazole rings is 1. The number of halogens is 1. The molecule has 1 heterocycles. The van der Waals surface area contributed by atoms with Gasteiger partial charge in [-0.15, -0.1) is 23.7 Å². The molecule has 1 amide bonds. The minimum atomic E-state index is -0.0471. The zero-order valence-corrected chi connectivity index (χ0v) is 14.5. The normalized spacial score (nSPS) is 10.1. The highest BCUT2D eigenvalue weighted by molar-refractivity contribution is 7.09. The third-order valence-corrected chi connectivity index (χ3v) is 4.24. The number of hydrogen-bond donors (Lipinski definition) is 1. The van der Waals surface area contributed by atoms with Gasteiger partial charge in [0.2, 0.25) is 0 Å². The first-order chi connectivity index (χ1) is 10.1. The molecule has 1 aromatic carbocycles. The molecule has 22 heavy (non-hydrogen) atoms. The van der Waals surface area contributed by atoms with E-state index in [1.165, 1.54) is 16.9 Å². The van der Waals surface area contributed by atoms with Gasteiger partial charge in [0.15, 0.2) is 0 Å². The maximum absolute atomic E-state index is 12.3. The van der Waals surface area contributed by atoms with Crippen molar-refractivity contribution in [3.63, 3.8) is 0 Å². The summed E-state index contributed by atoms with van der Waals surface area (Å²) in [5, 5.41) is 2.73. The second kappa shape index (κ2) is 8.88. The van der Waals surface area contributed by atoms with Crippen LogP contribution in [0.25, 0.3) is 0 Å². The van der Waals surface area contributed by atoms with Crippen LogP contribution in [-0.2, 0) is 19.4 Å². The molecule has 2 N–H and O–H groups in total. The number of carbonyl (C=O) groups excluding carboxylic acids is 1.